The zero-order valence-corrected chi connectivity index (χ0v) is 18.0. The van der Waals surface area contributed by atoms with Gasteiger partial charge < -0.3 is 5.73 Å². The third kappa shape index (κ3) is 4.32. The average Bonchev–Trinajstić information content (AvgIpc) is 3.22. The molecule has 4 aromatic rings. The molecule has 2 aromatic carbocycles. The highest BCUT2D eigenvalue weighted by molar-refractivity contribution is 5.68. The molecular formula is C24H22FN7. The van der Waals surface area contributed by atoms with Gasteiger partial charge in [-0.05, 0) is 29.2 Å². The molecule has 2 heterocycles. The molecule has 2 N–H and O–H groups in total. The van der Waals surface area contributed by atoms with Crippen molar-refractivity contribution in [2.45, 2.75) is 32.7 Å². The number of benzene rings is 2. The van der Waals surface area contributed by atoms with Crippen LogP contribution in [0.3, 0.4) is 0 Å². The van der Waals surface area contributed by atoms with Crippen LogP contribution in [0.15, 0.2) is 54.7 Å². The Kier molecular flexibility index (Phi) is 5.41. The fraction of sp³-hybridized carbons (Fsp3) is 0.208. The van der Waals surface area contributed by atoms with E-state index in [0.29, 0.717) is 33.8 Å². The van der Waals surface area contributed by atoms with Crippen LogP contribution >= 0.6 is 0 Å². The van der Waals surface area contributed by atoms with Gasteiger partial charge in [-0.2, -0.15) is 5.26 Å². The number of halogens is 1. The van der Waals surface area contributed by atoms with E-state index < -0.39 is 0 Å². The Bertz CT molecular complexity index is 1330. The standard InChI is InChI=1S/C24H22FN7/c1-24(2,3)18-9-5-8-17(22(18)25)13-32-14-21(30-31-32)20-11-19(28-23(27)29-20)16-7-4-6-15(10-16)12-26/h4-11,14H,13H2,1-3H3,(H2,27,28,29). The van der Waals surface area contributed by atoms with Gasteiger partial charge >= 0.3 is 0 Å². The van der Waals surface area contributed by atoms with Crippen LogP contribution < -0.4 is 5.73 Å². The van der Waals surface area contributed by atoms with Gasteiger partial charge in [-0.3, -0.25) is 0 Å². The fourth-order valence-electron chi connectivity index (χ4n) is 3.44. The molecule has 0 saturated carbocycles. The highest BCUT2D eigenvalue weighted by Gasteiger charge is 2.20. The lowest BCUT2D eigenvalue weighted by Gasteiger charge is -2.21. The van der Waals surface area contributed by atoms with Gasteiger partial charge in [-0.25, -0.2) is 19.0 Å². The number of nitrogen functional groups attached to an aromatic ring is 1. The van der Waals surface area contributed by atoms with Crippen molar-refractivity contribution in [3.63, 3.8) is 0 Å². The lowest BCUT2D eigenvalue weighted by Crippen LogP contribution is -2.15. The minimum absolute atomic E-state index is 0.0818. The van der Waals surface area contributed by atoms with E-state index in [4.69, 9.17) is 11.0 Å². The lowest BCUT2D eigenvalue weighted by molar-refractivity contribution is 0.507. The van der Waals surface area contributed by atoms with Crippen molar-refractivity contribution in [1.82, 2.24) is 25.0 Å². The number of anilines is 1. The van der Waals surface area contributed by atoms with E-state index >= 15 is 4.39 Å². The molecular weight excluding hydrogens is 405 g/mol. The van der Waals surface area contributed by atoms with Crippen LogP contribution in [0.2, 0.25) is 0 Å². The van der Waals surface area contributed by atoms with Gasteiger partial charge in [0, 0.05) is 11.1 Å². The first kappa shape index (κ1) is 21.1. The van der Waals surface area contributed by atoms with Gasteiger partial charge in [0.1, 0.15) is 11.5 Å². The molecule has 32 heavy (non-hydrogen) atoms. The molecule has 0 bridgehead atoms. The Morgan fingerprint density at radius 2 is 1.78 bits per heavy atom. The van der Waals surface area contributed by atoms with Gasteiger partial charge in [-0.15, -0.1) is 5.10 Å². The highest BCUT2D eigenvalue weighted by atomic mass is 19.1. The first-order valence-electron chi connectivity index (χ1n) is 10.1. The van der Waals surface area contributed by atoms with Crippen molar-refractivity contribution in [2.75, 3.05) is 5.73 Å². The number of rotatable bonds is 4. The second kappa shape index (κ2) is 8.19. The van der Waals surface area contributed by atoms with E-state index in [1.807, 2.05) is 32.9 Å². The topological polar surface area (TPSA) is 106 Å². The Balaban J connectivity index is 1.65. The number of aromatic nitrogens is 5. The second-order valence-electron chi connectivity index (χ2n) is 8.52. The first-order valence-corrected chi connectivity index (χ1v) is 10.1. The molecule has 160 valence electrons. The molecule has 0 amide bonds. The molecule has 0 unspecified atom stereocenters. The maximum Gasteiger partial charge on any atom is 0.221 e. The van der Waals surface area contributed by atoms with Gasteiger partial charge in [0.25, 0.3) is 0 Å². The van der Waals surface area contributed by atoms with Crippen LogP contribution in [-0.4, -0.2) is 25.0 Å². The summed E-state index contributed by atoms with van der Waals surface area (Å²) in [5, 5.41) is 17.5. The summed E-state index contributed by atoms with van der Waals surface area (Å²) in [5.74, 6) is -0.152. The quantitative estimate of drug-likeness (QED) is 0.519. The summed E-state index contributed by atoms with van der Waals surface area (Å²) in [6.45, 7) is 6.17. The van der Waals surface area contributed by atoms with Gasteiger partial charge in [0.2, 0.25) is 5.95 Å². The minimum atomic E-state index is -0.300. The minimum Gasteiger partial charge on any atom is -0.368 e. The van der Waals surface area contributed by atoms with E-state index in [1.165, 1.54) is 0 Å². The molecule has 2 aromatic heterocycles. The number of nitriles is 1. The van der Waals surface area contributed by atoms with E-state index in [-0.39, 0.29) is 23.7 Å². The summed E-state index contributed by atoms with van der Waals surface area (Å²) in [4.78, 5) is 8.54. The monoisotopic (exact) mass is 427 g/mol. The molecule has 4 rings (SSSR count). The Morgan fingerprint density at radius 1 is 1.03 bits per heavy atom. The highest BCUT2D eigenvalue weighted by Crippen LogP contribution is 2.28. The summed E-state index contributed by atoms with van der Waals surface area (Å²) < 4.78 is 16.6. The largest absolute Gasteiger partial charge is 0.368 e. The molecule has 0 aliphatic rings. The van der Waals surface area contributed by atoms with Crippen LogP contribution in [0, 0.1) is 17.1 Å². The number of nitrogens with zero attached hydrogens (tertiary/aromatic N) is 6. The molecule has 0 atom stereocenters. The Hall–Kier alpha value is -4.12. The molecule has 0 aliphatic heterocycles. The average molecular weight is 427 g/mol. The van der Waals surface area contributed by atoms with Crippen LogP contribution in [0.1, 0.15) is 37.5 Å². The molecule has 0 aliphatic carbocycles. The zero-order valence-electron chi connectivity index (χ0n) is 18.0. The van der Waals surface area contributed by atoms with Gasteiger partial charge in [-0.1, -0.05) is 56.3 Å². The third-order valence-electron chi connectivity index (χ3n) is 5.05. The van der Waals surface area contributed by atoms with Crippen molar-refractivity contribution in [3.8, 4) is 28.7 Å². The van der Waals surface area contributed by atoms with Gasteiger partial charge in [0.05, 0.1) is 35.8 Å². The van der Waals surface area contributed by atoms with Crippen LogP contribution in [0.25, 0.3) is 22.6 Å². The van der Waals surface area contributed by atoms with Gasteiger partial charge in [0.15, 0.2) is 0 Å². The smallest absolute Gasteiger partial charge is 0.221 e. The SMILES string of the molecule is CC(C)(C)c1cccc(Cn2cc(-c3cc(-c4cccc(C#N)c4)nc(N)n3)nn2)c1F. The number of nitrogens with two attached hydrogens (primary N) is 1. The van der Waals surface area contributed by atoms with Crippen LogP contribution in [-0.2, 0) is 12.0 Å². The van der Waals surface area contributed by atoms with E-state index in [2.05, 4.69) is 26.3 Å². The van der Waals surface area contributed by atoms with Crippen LogP contribution in [0.5, 0.6) is 0 Å². The van der Waals surface area contributed by atoms with Crippen LogP contribution in [0.4, 0.5) is 10.3 Å². The second-order valence-corrected chi connectivity index (χ2v) is 8.52. The number of hydrogen-bond acceptors (Lipinski definition) is 6. The van der Waals surface area contributed by atoms with Crippen molar-refractivity contribution in [2.24, 2.45) is 0 Å². The zero-order chi connectivity index (χ0) is 22.9. The summed E-state index contributed by atoms with van der Waals surface area (Å²) in [6, 6.07) is 16.3. The molecule has 8 heteroatoms. The summed E-state index contributed by atoms with van der Waals surface area (Å²) >= 11 is 0. The predicted octanol–water partition coefficient (Wildman–Crippen LogP) is 4.34. The summed E-state index contributed by atoms with van der Waals surface area (Å²) in [7, 11) is 0. The Morgan fingerprint density at radius 3 is 2.53 bits per heavy atom. The third-order valence-corrected chi connectivity index (χ3v) is 5.05. The fourth-order valence-corrected chi connectivity index (χ4v) is 3.44. The molecule has 0 radical (unpaired) electrons. The van der Waals surface area contributed by atoms with E-state index in [9.17, 15) is 0 Å². The van der Waals surface area contributed by atoms with Crippen molar-refractivity contribution < 1.29 is 4.39 Å². The normalized spacial score (nSPS) is 11.3. The molecule has 7 nitrogen and oxygen atoms in total. The Labute approximate surface area is 185 Å². The van der Waals surface area contributed by atoms with Crippen molar-refractivity contribution in [1.29, 1.82) is 5.26 Å². The molecule has 0 saturated heterocycles. The number of hydrogen-bond donors (Lipinski definition) is 1. The predicted molar refractivity (Wildman–Crippen MR) is 120 cm³/mol. The summed E-state index contributed by atoms with van der Waals surface area (Å²) in [5.41, 5.74) is 9.62. The maximum atomic E-state index is 15.0. The van der Waals surface area contributed by atoms with Crippen molar-refractivity contribution in [3.05, 3.63) is 77.2 Å². The van der Waals surface area contributed by atoms with E-state index in [1.54, 1.807) is 47.3 Å². The lowest BCUT2D eigenvalue weighted by atomic mass is 9.85. The molecule has 0 fully saturated rings. The van der Waals surface area contributed by atoms with Crippen molar-refractivity contribution >= 4 is 5.95 Å². The first-order chi connectivity index (χ1) is 15.2. The van der Waals surface area contributed by atoms with E-state index in [0.717, 1.165) is 5.56 Å². The summed E-state index contributed by atoms with van der Waals surface area (Å²) in [6.07, 6.45) is 1.69. The maximum absolute atomic E-state index is 15.0. The molecule has 0 spiro atoms.